The Kier molecular flexibility index (Phi) is 8.62. The third kappa shape index (κ3) is 7.07. The quantitative estimate of drug-likeness (QED) is 0.357. The SMILES string of the molecule is CC(CC(=O)N1C[C@H](F)[C@H](NC(=O)c2cc(-c3cc(C(F)(F)F)c4c(N)ncnn34)ccc2OCC(F)(F)F)C1)C(F)(F)F. The van der Waals surface area contributed by atoms with Crippen LogP contribution in [-0.4, -0.2) is 75.6 Å². The van der Waals surface area contributed by atoms with Crippen LogP contribution in [0.2, 0.25) is 0 Å². The van der Waals surface area contributed by atoms with Crippen LogP contribution in [0.15, 0.2) is 30.6 Å². The molecule has 2 aromatic heterocycles. The molecular weight excluding hydrogens is 622 g/mol. The molecule has 1 unspecified atom stereocenters. The smallest absolute Gasteiger partial charge is 0.422 e. The first-order valence-electron chi connectivity index (χ1n) is 12.6. The number of nitrogens with zero attached hydrogens (tertiary/aromatic N) is 4. The number of halogens is 10. The van der Waals surface area contributed by atoms with E-state index in [1.165, 1.54) is 0 Å². The number of hydrogen-bond acceptors (Lipinski definition) is 6. The Bertz CT molecular complexity index is 1550. The van der Waals surface area contributed by atoms with Gasteiger partial charge in [-0.1, -0.05) is 6.92 Å². The zero-order valence-corrected chi connectivity index (χ0v) is 22.3. The topological polar surface area (TPSA) is 115 Å². The predicted molar refractivity (Wildman–Crippen MR) is 132 cm³/mol. The maximum atomic E-state index is 14.8. The lowest BCUT2D eigenvalue weighted by molar-refractivity contribution is -0.176. The van der Waals surface area contributed by atoms with Crippen molar-refractivity contribution in [3.8, 4) is 17.0 Å². The van der Waals surface area contributed by atoms with Crippen molar-refractivity contribution in [1.82, 2.24) is 24.8 Å². The molecule has 0 saturated carbocycles. The van der Waals surface area contributed by atoms with Gasteiger partial charge in [-0.25, -0.2) is 13.9 Å². The molecule has 0 bridgehead atoms. The Balaban J connectivity index is 1.66. The van der Waals surface area contributed by atoms with E-state index in [2.05, 4.69) is 15.4 Å². The highest BCUT2D eigenvalue weighted by Crippen LogP contribution is 2.39. The van der Waals surface area contributed by atoms with Crippen LogP contribution in [0.1, 0.15) is 29.3 Å². The molecule has 1 aromatic carbocycles. The lowest BCUT2D eigenvalue weighted by atomic mass is 10.1. The van der Waals surface area contributed by atoms with Crippen molar-refractivity contribution in [1.29, 1.82) is 0 Å². The van der Waals surface area contributed by atoms with Gasteiger partial charge in [0.15, 0.2) is 12.4 Å². The molecule has 3 atom stereocenters. The predicted octanol–water partition coefficient (Wildman–Crippen LogP) is 4.81. The Morgan fingerprint density at radius 3 is 2.39 bits per heavy atom. The largest absolute Gasteiger partial charge is 0.483 e. The standard InChI is InChI=1S/C25H22F10N6O3/c1-11(24(30,31)32)4-19(42)40-7-15(26)16(8-40)39-22(43)13-5-12(2-3-18(13)44-9-23(27,28)29)17-6-14(25(33,34)35)20-21(36)37-10-38-41(17)20/h2-3,5-6,10-11,15-16H,4,7-9H2,1H3,(H,39,43)(H2,36,37,38)/t11?,15-,16+/m0/s1. The molecule has 44 heavy (non-hydrogen) atoms. The molecule has 3 aromatic rings. The Morgan fingerprint density at radius 2 is 1.77 bits per heavy atom. The maximum Gasteiger partial charge on any atom is 0.422 e. The molecule has 0 radical (unpaired) electrons. The van der Waals surface area contributed by atoms with Crippen molar-refractivity contribution in [2.75, 3.05) is 25.4 Å². The van der Waals surface area contributed by atoms with Crippen molar-refractivity contribution in [2.24, 2.45) is 5.92 Å². The summed E-state index contributed by atoms with van der Waals surface area (Å²) in [5, 5.41) is 5.94. The lowest BCUT2D eigenvalue weighted by Gasteiger charge is -2.21. The van der Waals surface area contributed by atoms with Crippen LogP contribution in [0.5, 0.6) is 5.75 Å². The number of benzene rings is 1. The molecule has 1 fully saturated rings. The number of anilines is 1. The third-order valence-electron chi connectivity index (χ3n) is 6.76. The van der Waals surface area contributed by atoms with Gasteiger partial charge in [-0.2, -0.15) is 44.6 Å². The van der Waals surface area contributed by atoms with Gasteiger partial charge in [0.05, 0.1) is 35.3 Å². The normalized spacial score (nSPS) is 18.5. The molecule has 1 aliphatic heterocycles. The number of hydrogen-bond donors (Lipinski definition) is 2. The summed E-state index contributed by atoms with van der Waals surface area (Å²) in [5.41, 5.74) is 2.64. The lowest BCUT2D eigenvalue weighted by Crippen LogP contribution is -2.42. The van der Waals surface area contributed by atoms with Crippen molar-refractivity contribution in [3.05, 3.63) is 41.7 Å². The molecule has 2 amide bonds. The van der Waals surface area contributed by atoms with Gasteiger partial charge in [-0.3, -0.25) is 9.59 Å². The second kappa shape index (κ2) is 11.6. The van der Waals surface area contributed by atoms with Crippen LogP contribution in [0.3, 0.4) is 0 Å². The summed E-state index contributed by atoms with van der Waals surface area (Å²) in [6, 6.07) is 1.97. The number of carbonyl (C=O) groups excluding carboxylic acids is 2. The minimum atomic E-state index is -4.93. The van der Waals surface area contributed by atoms with E-state index in [0.717, 1.165) is 40.9 Å². The number of nitrogens with one attached hydrogen (secondary N) is 1. The highest BCUT2D eigenvalue weighted by molar-refractivity contribution is 5.98. The van der Waals surface area contributed by atoms with E-state index >= 15 is 0 Å². The second-order valence-electron chi connectivity index (χ2n) is 10.0. The van der Waals surface area contributed by atoms with Crippen LogP contribution in [0.25, 0.3) is 16.8 Å². The van der Waals surface area contributed by atoms with E-state index in [0.29, 0.717) is 6.07 Å². The maximum absolute atomic E-state index is 14.8. The number of carbonyl (C=O) groups is 2. The number of nitrogens with two attached hydrogens (primary N) is 1. The number of ether oxygens (including phenoxy) is 1. The van der Waals surface area contributed by atoms with Crippen LogP contribution in [0, 0.1) is 5.92 Å². The summed E-state index contributed by atoms with van der Waals surface area (Å²) in [6.45, 7) is -2.31. The minimum absolute atomic E-state index is 0.167. The van der Waals surface area contributed by atoms with E-state index in [-0.39, 0.29) is 11.3 Å². The van der Waals surface area contributed by atoms with Crippen molar-refractivity contribution < 1.29 is 58.2 Å². The van der Waals surface area contributed by atoms with Crippen molar-refractivity contribution >= 4 is 23.1 Å². The summed E-state index contributed by atoms with van der Waals surface area (Å²) in [5.74, 6) is -5.51. The van der Waals surface area contributed by atoms with Gasteiger partial charge in [0.25, 0.3) is 5.91 Å². The van der Waals surface area contributed by atoms with Crippen molar-refractivity contribution in [2.45, 2.75) is 44.1 Å². The first-order chi connectivity index (χ1) is 20.3. The average molecular weight is 644 g/mol. The Hall–Kier alpha value is -4.32. The van der Waals surface area contributed by atoms with E-state index in [9.17, 15) is 53.5 Å². The van der Waals surface area contributed by atoms with Gasteiger partial charge in [-0.15, -0.1) is 0 Å². The van der Waals surface area contributed by atoms with Gasteiger partial charge < -0.3 is 20.7 Å². The number of alkyl halides is 10. The molecule has 3 N–H and O–H groups in total. The summed E-state index contributed by atoms with van der Waals surface area (Å²) in [6.07, 6.45) is -16.6. The number of fused-ring (bicyclic) bond motifs is 1. The number of rotatable bonds is 7. The zero-order chi connectivity index (χ0) is 32.8. The fourth-order valence-corrected chi connectivity index (χ4v) is 4.50. The zero-order valence-electron chi connectivity index (χ0n) is 22.3. The molecule has 240 valence electrons. The summed E-state index contributed by atoms with van der Waals surface area (Å²) < 4.78 is 139. The van der Waals surface area contributed by atoms with Crippen LogP contribution in [-0.2, 0) is 11.0 Å². The molecule has 19 heteroatoms. The summed E-state index contributed by atoms with van der Waals surface area (Å²) >= 11 is 0. The number of likely N-dealkylation sites (tertiary alicyclic amines) is 1. The molecule has 4 rings (SSSR count). The molecule has 1 saturated heterocycles. The van der Waals surface area contributed by atoms with Crippen LogP contribution < -0.4 is 15.8 Å². The summed E-state index contributed by atoms with van der Waals surface area (Å²) in [4.78, 5) is 29.8. The third-order valence-corrected chi connectivity index (χ3v) is 6.76. The molecule has 0 aliphatic carbocycles. The van der Waals surface area contributed by atoms with E-state index in [4.69, 9.17) is 10.5 Å². The van der Waals surface area contributed by atoms with Gasteiger partial charge in [0, 0.05) is 18.5 Å². The first-order valence-corrected chi connectivity index (χ1v) is 12.6. The highest BCUT2D eigenvalue weighted by Gasteiger charge is 2.42. The molecule has 1 aliphatic rings. The second-order valence-corrected chi connectivity index (χ2v) is 10.0. The fraction of sp³-hybridized carbons (Fsp3) is 0.440. The van der Waals surface area contributed by atoms with Crippen LogP contribution in [0.4, 0.5) is 49.7 Å². The molecular formula is C25H22F10N6O3. The van der Waals surface area contributed by atoms with Gasteiger partial charge in [-0.05, 0) is 24.3 Å². The van der Waals surface area contributed by atoms with Crippen LogP contribution >= 0.6 is 0 Å². The molecule has 9 nitrogen and oxygen atoms in total. The summed E-state index contributed by atoms with van der Waals surface area (Å²) in [7, 11) is 0. The number of amides is 2. The van der Waals surface area contributed by atoms with E-state index < -0.39 is 103 Å². The fourth-order valence-electron chi connectivity index (χ4n) is 4.50. The monoisotopic (exact) mass is 644 g/mol. The highest BCUT2D eigenvalue weighted by atomic mass is 19.4. The molecule has 3 heterocycles. The van der Waals surface area contributed by atoms with Crippen molar-refractivity contribution in [3.63, 3.8) is 0 Å². The average Bonchev–Trinajstić information content (AvgIpc) is 3.48. The first kappa shape index (κ1) is 32.6. The Morgan fingerprint density at radius 1 is 1.09 bits per heavy atom. The number of aromatic nitrogens is 3. The number of nitrogen functional groups attached to an aromatic ring is 1. The van der Waals surface area contributed by atoms with E-state index in [1.807, 2.05) is 0 Å². The van der Waals surface area contributed by atoms with Gasteiger partial charge in [0.2, 0.25) is 5.91 Å². The van der Waals surface area contributed by atoms with E-state index in [1.54, 1.807) is 0 Å². The van der Waals surface area contributed by atoms with Gasteiger partial charge in [0.1, 0.15) is 23.8 Å². The molecule has 0 spiro atoms. The van der Waals surface area contributed by atoms with Gasteiger partial charge >= 0.3 is 18.5 Å². The Labute approximate surface area is 240 Å². The minimum Gasteiger partial charge on any atom is -0.483 e.